The molecule has 0 aliphatic heterocycles. The van der Waals surface area contributed by atoms with Crippen molar-refractivity contribution in [3.63, 3.8) is 0 Å². The lowest BCUT2D eigenvalue weighted by Gasteiger charge is -2.34. The summed E-state index contributed by atoms with van der Waals surface area (Å²) in [5.74, 6) is 0.982. The van der Waals surface area contributed by atoms with Crippen molar-refractivity contribution >= 4 is 5.91 Å². The van der Waals surface area contributed by atoms with Gasteiger partial charge in [0.2, 0.25) is 17.7 Å². The van der Waals surface area contributed by atoms with Crippen LogP contribution < -0.4 is 14.8 Å². The Morgan fingerprint density at radius 1 is 1.38 bits per heavy atom. The standard InChI is InChI=1S/C15H23N3O3/c1-18(12-5-4-6-12)10-13(19)16-9-11-7-8-14(20-2)17-15(11)21-3/h7-8,12H,4-6,9-10H2,1-3H3,(H,16,19). The van der Waals surface area contributed by atoms with Crippen LogP contribution in [0.15, 0.2) is 12.1 Å². The smallest absolute Gasteiger partial charge is 0.234 e. The Morgan fingerprint density at radius 3 is 2.71 bits per heavy atom. The van der Waals surface area contributed by atoms with Gasteiger partial charge in [-0.05, 0) is 26.0 Å². The van der Waals surface area contributed by atoms with Crippen molar-refractivity contribution in [3.8, 4) is 11.8 Å². The summed E-state index contributed by atoms with van der Waals surface area (Å²) in [5.41, 5.74) is 0.831. The van der Waals surface area contributed by atoms with Crippen LogP contribution in [0.1, 0.15) is 24.8 Å². The van der Waals surface area contributed by atoms with E-state index in [1.165, 1.54) is 19.3 Å². The van der Waals surface area contributed by atoms with Gasteiger partial charge < -0.3 is 14.8 Å². The Balaban J connectivity index is 1.85. The fourth-order valence-electron chi connectivity index (χ4n) is 2.31. The molecular weight excluding hydrogens is 270 g/mol. The summed E-state index contributed by atoms with van der Waals surface area (Å²) in [6.07, 6.45) is 3.66. The zero-order chi connectivity index (χ0) is 15.2. The maximum atomic E-state index is 12.0. The number of ether oxygens (including phenoxy) is 2. The van der Waals surface area contributed by atoms with E-state index >= 15 is 0 Å². The molecule has 1 amide bonds. The summed E-state index contributed by atoms with van der Waals surface area (Å²) in [4.78, 5) is 18.3. The van der Waals surface area contributed by atoms with E-state index < -0.39 is 0 Å². The average Bonchev–Trinajstić information content (AvgIpc) is 2.42. The van der Waals surface area contributed by atoms with Crippen LogP contribution in [0.4, 0.5) is 0 Å². The molecule has 1 heterocycles. The molecule has 116 valence electrons. The molecule has 2 rings (SSSR count). The highest BCUT2D eigenvalue weighted by molar-refractivity contribution is 5.78. The predicted molar refractivity (Wildman–Crippen MR) is 79.5 cm³/mol. The molecule has 1 aliphatic carbocycles. The maximum absolute atomic E-state index is 12.0. The molecule has 1 saturated carbocycles. The highest BCUT2D eigenvalue weighted by Crippen LogP contribution is 2.23. The molecule has 1 aromatic rings. The average molecular weight is 293 g/mol. The van der Waals surface area contributed by atoms with Crippen molar-refractivity contribution in [1.29, 1.82) is 0 Å². The van der Waals surface area contributed by atoms with Crippen molar-refractivity contribution in [1.82, 2.24) is 15.2 Å². The first kappa shape index (κ1) is 15.6. The molecule has 1 aliphatic rings. The molecule has 1 aromatic heterocycles. The van der Waals surface area contributed by atoms with Gasteiger partial charge in [0.15, 0.2) is 0 Å². The molecule has 0 bridgehead atoms. The number of rotatable bonds is 7. The third-order valence-corrected chi connectivity index (χ3v) is 3.88. The number of nitrogens with zero attached hydrogens (tertiary/aromatic N) is 2. The van der Waals surface area contributed by atoms with Crippen molar-refractivity contribution in [3.05, 3.63) is 17.7 Å². The highest BCUT2D eigenvalue weighted by atomic mass is 16.5. The summed E-state index contributed by atoms with van der Waals surface area (Å²) < 4.78 is 10.3. The molecule has 0 saturated heterocycles. The lowest BCUT2D eigenvalue weighted by Crippen LogP contribution is -2.43. The van der Waals surface area contributed by atoms with Gasteiger partial charge in [0.1, 0.15) is 0 Å². The van der Waals surface area contributed by atoms with Crippen LogP contribution in [0, 0.1) is 0 Å². The first-order valence-corrected chi connectivity index (χ1v) is 7.19. The van der Waals surface area contributed by atoms with E-state index in [9.17, 15) is 4.79 Å². The van der Waals surface area contributed by atoms with Crippen LogP contribution in [0.2, 0.25) is 0 Å². The third-order valence-electron chi connectivity index (χ3n) is 3.88. The summed E-state index contributed by atoms with van der Waals surface area (Å²) >= 11 is 0. The van der Waals surface area contributed by atoms with Crippen LogP contribution in [-0.2, 0) is 11.3 Å². The number of likely N-dealkylation sites (N-methyl/N-ethyl adjacent to an activating group) is 1. The van der Waals surface area contributed by atoms with Crippen molar-refractivity contribution in [2.45, 2.75) is 31.8 Å². The molecular formula is C15H23N3O3. The van der Waals surface area contributed by atoms with Gasteiger partial charge in [0.05, 0.1) is 20.8 Å². The number of carbonyl (C=O) groups is 1. The molecule has 6 heteroatoms. The Kier molecular flexibility index (Phi) is 5.38. The van der Waals surface area contributed by atoms with Gasteiger partial charge in [0.25, 0.3) is 0 Å². The van der Waals surface area contributed by atoms with Crippen LogP contribution >= 0.6 is 0 Å². The normalized spacial score (nSPS) is 14.7. The minimum Gasteiger partial charge on any atom is -0.481 e. The van der Waals surface area contributed by atoms with Gasteiger partial charge in [-0.25, -0.2) is 0 Å². The molecule has 1 fully saturated rings. The second-order valence-corrected chi connectivity index (χ2v) is 5.30. The van der Waals surface area contributed by atoms with E-state index in [1.54, 1.807) is 20.3 Å². The van der Waals surface area contributed by atoms with Crippen molar-refractivity contribution in [2.24, 2.45) is 0 Å². The van der Waals surface area contributed by atoms with E-state index in [0.29, 0.717) is 30.9 Å². The van der Waals surface area contributed by atoms with Gasteiger partial charge >= 0.3 is 0 Å². The van der Waals surface area contributed by atoms with Crippen LogP contribution in [0.5, 0.6) is 11.8 Å². The van der Waals surface area contributed by atoms with Gasteiger partial charge in [-0.1, -0.05) is 6.42 Å². The number of amides is 1. The largest absolute Gasteiger partial charge is 0.481 e. The Morgan fingerprint density at radius 2 is 2.14 bits per heavy atom. The van der Waals surface area contributed by atoms with Gasteiger partial charge in [0, 0.05) is 24.2 Å². The van der Waals surface area contributed by atoms with Gasteiger partial charge in [-0.2, -0.15) is 4.98 Å². The van der Waals surface area contributed by atoms with Gasteiger partial charge in [-0.15, -0.1) is 0 Å². The fourth-order valence-corrected chi connectivity index (χ4v) is 2.31. The molecule has 6 nitrogen and oxygen atoms in total. The highest BCUT2D eigenvalue weighted by Gasteiger charge is 2.23. The van der Waals surface area contributed by atoms with E-state index in [4.69, 9.17) is 9.47 Å². The molecule has 0 atom stereocenters. The quantitative estimate of drug-likeness (QED) is 0.818. The lowest BCUT2D eigenvalue weighted by molar-refractivity contribution is -0.123. The number of nitrogens with one attached hydrogen (secondary N) is 1. The van der Waals surface area contributed by atoms with Crippen molar-refractivity contribution < 1.29 is 14.3 Å². The van der Waals surface area contributed by atoms with E-state index in [1.807, 2.05) is 13.1 Å². The summed E-state index contributed by atoms with van der Waals surface area (Å²) in [5, 5.41) is 2.90. The van der Waals surface area contributed by atoms with Crippen molar-refractivity contribution in [2.75, 3.05) is 27.8 Å². The summed E-state index contributed by atoms with van der Waals surface area (Å²) in [7, 11) is 5.11. The monoisotopic (exact) mass is 293 g/mol. The molecule has 0 aromatic carbocycles. The molecule has 21 heavy (non-hydrogen) atoms. The number of carbonyl (C=O) groups excluding carboxylic acids is 1. The number of hydrogen-bond donors (Lipinski definition) is 1. The second-order valence-electron chi connectivity index (χ2n) is 5.30. The Labute approximate surface area is 125 Å². The first-order valence-electron chi connectivity index (χ1n) is 7.19. The second kappa shape index (κ2) is 7.26. The SMILES string of the molecule is COc1ccc(CNC(=O)CN(C)C2CCC2)c(OC)n1. The zero-order valence-electron chi connectivity index (χ0n) is 12.9. The minimum atomic E-state index is 0.0160. The fraction of sp³-hybridized carbons (Fsp3) is 0.600. The lowest BCUT2D eigenvalue weighted by atomic mass is 9.92. The molecule has 0 spiro atoms. The third kappa shape index (κ3) is 4.07. The first-order chi connectivity index (χ1) is 10.1. The Bertz CT molecular complexity index is 489. The Hall–Kier alpha value is -1.82. The predicted octanol–water partition coefficient (Wildman–Crippen LogP) is 1.20. The summed E-state index contributed by atoms with van der Waals surface area (Å²) in [6.45, 7) is 0.827. The minimum absolute atomic E-state index is 0.0160. The van der Waals surface area contributed by atoms with Crippen LogP contribution in [0.3, 0.4) is 0 Å². The van der Waals surface area contributed by atoms with E-state index in [-0.39, 0.29) is 5.91 Å². The number of pyridine rings is 1. The van der Waals surface area contributed by atoms with Gasteiger partial charge in [-0.3, -0.25) is 9.69 Å². The summed E-state index contributed by atoms with van der Waals surface area (Å²) in [6, 6.07) is 4.17. The van der Waals surface area contributed by atoms with E-state index in [0.717, 1.165) is 5.56 Å². The number of aromatic nitrogens is 1. The topological polar surface area (TPSA) is 63.7 Å². The maximum Gasteiger partial charge on any atom is 0.234 e. The molecule has 1 N–H and O–H groups in total. The van der Waals surface area contributed by atoms with Crippen LogP contribution in [-0.4, -0.2) is 49.6 Å². The van der Waals surface area contributed by atoms with Crippen LogP contribution in [0.25, 0.3) is 0 Å². The number of hydrogen-bond acceptors (Lipinski definition) is 5. The molecule has 0 radical (unpaired) electrons. The van der Waals surface area contributed by atoms with E-state index in [2.05, 4.69) is 15.2 Å². The molecule has 0 unspecified atom stereocenters. The number of methoxy groups -OCH3 is 2. The zero-order valence-corrected chi connectivity index (χ0v) is 12.9.